The Balaban J connectivity index is 2.46. The molecule has 0 saturated carbocycles. The molecule has 0 saturated heterocycles. The van der Waals surface area contributed by atoms with Gasteiger partial charge in [-0.15, -0.1) is 0 Å². The average Bonchev–Trinajstić information content (AvgIpc) is 2.42. The van der Waals surface area contributed by atoms with Gasteiger partial charge in [-0.2, -0.15) is 0 Å². The molecule has 0 atom stereocenters. The molecule has 0 aliphatic heterocycles. The number of rotatable bonds is 4. The van der Waals surface area contributed by atoms with E-state index in [0.29, 0.717) is 0 Å². The fourth-order valence-corrected chi connectivity index (χ4v) is 3.00. The minimum absolute atomic E-state index is 0.00980. The molecule has 0 aliphatic rings. The first kappa shape index (κ1) is 15.9. The Morgan fingerprint density at radius 2 is 1.73 bits per heavy atom. The highest BCUT2D eigenvalue weighted by Crippen LogP contribution is 2.28. The van der Waals surface area contributed by atoms with Crippen LogP contribution in [0.5, 0.6) is 0 Å². The van der Waals surface area contributed by atoms with E-state index < -0.39 is 26.5 Å². The van der Waals surface area contributed by atoms with Gasteiger partial charge in [-0.05, 0) is 32.0 Å². The number of halogens is 1. The Labute approximate surface area is 126 Å². The first-order valence-corrected chi connectivity index (χ1v) is 7.73. The third kappa shape index (κ3) is 3.22. The van der Waals surface area contributed by atoms with Gasteiger partial charge in [0.2, 0.25) is 0 Å². The highest BCUT2D eigenvalue weighted by atomic mass is 32.2. The highest BCUT2D eigenvalue weighted by molar-refractivity contribution is 7.92. The van der Waals surface area contributed by atoms with E-state index in [1.54, 1.807) is 12.1 Å². The van der Waals surface area contributed by atoms with Crippen molar-refractivity contribution in [2.75, 3.05) is 4.72 Å². The van der Waals surface area contributed by atoms with Crippen LogP contribution in [-0.4, -0.2) is 13.3 Å². The fraction of sp³-hybridized carbons (Fsp3) is 0.143. The third-order valence-corrected chi connectivity index (χ3v) is 4.50. The van der Waals surface area contributed by atoms with E-state index in [2.05, 4.69) is 4.72 Å². The second kappa shape index (κ2) is 5.72. The van der Waals surface area contributed by atoms with Crippen molar-refractivity contribution in [1.82, 2.24) is 0 Å². The molecule has 0 unspecified atom stereocenters. The van der Waals surface area contributed by atoms with E-state index in [9.17, 15) is 22.9 Å². The lowest BCUT2D eigenvalue weighted by molar-refractivity contribution is -0.385. The number of aryl methyl sites for hydroxylation is 1. The van der Waals surface area contributed by atoms with Gasteiger partial charge >= 0.3 is 0 Å². The largest absolute Gasteiger partial charge is 0.279 e. The molecule has 0 aromatic heterocycles. The van der Waals surface area contributed by atoms with Crippen LogP contribution in [0.25, 0.3) is 0 Å². The van der Waals surface area contributed by atoms with Crippen LogP contribution in [0.3, 0.4) is 0 Å². The predicted molar refractivity (Wildman–Crippen MR) is 79.8 cm³/mol. The molecule has 22 heavy (non-hydrogen) atoms. The summed E-state index contributed by atoms with van der Waals surface area (Å²) in [4.78, 5) is 10.1. The summed E-state index contributed by atoms with van der Waals surface area (Å²) < 4.78 is 40.2. The minimum atomic E-state index is -3.95. The van der Waals surface area contributed by atoms with E-state index in [0.717, 1.165) is 17.7 Å². The second-order valence-electron chi connectivity index (χ2n) is 4.77. The molecule has 2 aromatic carbocycles. The van der Waals surface area contributed by atoms with E-state index >= 15 is 0 Å². The Morgan fingerprint density at radius 1 is 1.14 bits per heavy atom. The van der Waals surface area contributed by atoms with Gasteiger partial charge in [-0.1, -0.05) is 17.7 Å². The van der Waals surface area contributed by atoms with E-state index in [-0.39, 0.29) is 16.1 Å². The van der Waals surface area contributed by atoms with Gasteiger partial charge in [-0.25, -0.2) is 12.8 Å². The highest BCUT2D eigenvalue weighted by Gasteiger charge is 2.21. The monoisotopic (exact) mass is 324 g/mol. The molecule has 2 rings (SSSR count). The van der Waals surface area contributed by atoms with Crippen LogP contribution in [0.2, 0.25) is 0 Å². The fourth-order valence-electron chi connectivity index (χ4n) is 1.88. The van der Waals surface area contributed by atoms with Gasteiger partial charge < -0.3 is 0 Å². The van der Waals surface area contributed by atoms with E-state index in [1.165, 1.54) is 19.1 Å². The molecule has 0 radical (unpaired) electrons. The predicted octanol–water partition coefficient (Wildman–Crippen LogP) is 3.15. The number of hydrogen-bond donors (Lipinski definition) is 1. The van der Waals surface area contributed by atoms with Crippen LogP contribution in [0.1, 0.15) is 11.1 Å². The first-order chi connectivity index (χ1) is 10.2. The number of sulfonamides is 1. The lowest BCUT2D eigenvalue weighted by Gasteiger charge is -2.11. The van der Waals surface area contributed by atoms with Crippen LogP contribution in [-0.2, 0) is 10.0 Å². The quantitative estimate of drug-likeness (QED) is 0.691. The van der Waals surface area contributed by atoms with Gasteiger partial charge in [0.15, 0.2) is 0 Å². The van der Waals surface area contributed by atoms with Gasteiger partial charge in [0.25, 0.3) is 15.7 Å². The van der Waals surface area contributed by atoms with Crippen LogP contribution >= 0.6 is 0 Å². The Kier molecular flexibility index (Phi) is 4.14. The second-order valence-corrected chi connectivity index (χ2v) is 6.46. The lowest BCUT2D eigenvalue weighted by atomic mass is 10.1. The van der Waals surface area contributed by atoms with E-state index in [1.807, 2.05) is 6.92 Å². The molecule has 0 fully saturated rings. The molecular weight excluding hydrogens is 311 g/mol. The summed E-state index contributed by atoms with van der Waals surface area (Å²) in [6.45, 7) is 3.16. The third-order valence-electron chi connectivity index (χ3n) is 3.12. The zero-order valence-electron chi connectivity index (χ0n) is 11.8. The maximum absolute atomic E-state index is 13.5. The Morgan fingerprint density at radius 3 is 2.27 bits per heavy atom. The zero-order chi connectivity index (χ0) is 16.5. The van der Waals surface area contributed by atoms with Crippen molar-refractivity contribution in [2.24, 2.45) is 0 Å². The van der Waals surface area contributed by atoms with Crippen molar-refractivity contribution in [1.29, 1.82) is 0 Å². The number of hydrogen-bond acceptors (Lipinski definition) is 4. The molecule has 0 aliphatic carbocycles. The summed E-state index contributed by atoms with van der Waals surface area (Å²) in [5, 5.41) is 10.9. The number of anilines is 1. The van der Waals surface area contributed by atoms with Crippen molar-refractivity contribution < 1.29 is 17.7 Å². The molecule has 6 nitrogen and oxygen atoms in total. The zero-order valence-corrected chi connectivity index (χ0v) is 12.6. The van der Waals surface area contributed by atoms with Gasteiger partial charge in [-0.3, -0.25) is 14.8 Å². The van der Waals surface area contributed by atoms with Crippen LogP contribution in [0.15, 0.2) is 41.3 Å². The summed E-state index contributed by atoms with van der Waals surface area (Å²) in [5.41, 5.74) is 0.285. The molecular formula is C14H13FN2O4S. The van der Waals surface area contributed by atoms with Gasteiger partial charge in [0, 0.05) is 0 Å². The number of nitrogens with one attached hydrogen (secondary N) is 1. The number of nitro groups is 1. The molecule has 0 bridgehead atoms. The summed E-state index contributed by atoms with van der Waals surface area (Å²) in [6.07, 6.45) is 0. The molecule has 0 amide bonds. The molecule has 1 N–H and O–H groups in total. The van der Waals surface area contributed by atoms with Crippen LogP contribution < -0.4 is 4.72 Å². The normalized spacial score (nSPS) is 11.2. The standard InChI is InChI=1S/C14H13FN2O4S/c1-9-3-5-12(6-4-9)22(20,21)16-13-7-11(15)8-14(10(13)2)17(18)19/h3-8,16H,1-2H3. The van der Waals surface area contributed by atoms with Gasteiger partial charge in [0.05, 0.1) is 27.1 Å². The van der Waals surface area contributed by atoms with Crippen molar-refractivity contribution in [2.45, 2.75) is 18.7 Å². The van der Waals surface area contributed by atoms with Crippen molar-refractivity contribution in [3.05, 3.63) is 63.5 Å². The Bertz CT molecular complexity index is 833. The minimum Gasteiger partial charge on any atom is -0.279 e. The molecule has 0 spiro atoms. The summed E-state index contributed by atoms with van der Waals surface area (Å²) in [5.74, 6) is -0.890. The number of benzene rings is 2. The van der Waals surface area contributed by atoms with Crippen molar-refractivity contribution in [3.8, 4) is 0 Å². The number of nitro benzene ring substituents is 1. The van der Waals surface area contributed by atoms with Crippen molar-refractivity contribution >= 4 is 21.4 Å². The summed E-state index contributed by atoms with van der Waals surface area (Å²) >= 11 is 0. The molecule has 0 heterocycles. The molecule has 2 aromatic rings. The van der Waals surface area contributed by atoms with Crippen LogP contribution in [0.4, 0.5) is 15.8 Å². The first-order valence-electron chi connectivity index (χ1n) is 6.25. The smallest absolute Gasteiger partial charge is 0.277 e. The van der Waals surface area contributed by atoms with Crippen LogP contribution in [0, 0.1) is 29.8 Å². The topological polar surface area (TPSA) is 89.3 Å². The SMILES string of the molecule is Cc1ccc(S(=O)(=O)Nc2cc(F)cc([N+](=O)[O-])c2C)cc1. The number of nitrogens with zero attached hydrogens (tertiary/aromatic N) is 1. The Hall–Kier alpha value is -2.48. The maximum atomic E-state index is 13.5. The molecule has 116 valence electrons. The van der Waals surface area contributed by atoms with Crippen molar-refractivity contribution in [3.63, 3.8) is 0 Å². The van der Waals surface area contributed by atoms with E-state index in [4.69, 9.17) is 0 Å². The molecule has 8 heteroatoms. The lowest BCUT2D eigenvalue weighted by Crippen LogP contribution is -2.14. The summed E-state index contributed by atoms with van der Waals surface area (Å²) in [7, 11) is -3.95. The van der Waals surface area contributed by atoms with Gasteiger partial charge in [0.1, 0.15) is 5.82 Å². The maximum Gasteiger partial charge on any atom is 0.277 e. The summed E-state index contributed by atoms with van der Waals surface area (Å²) in [6, 6.07) is 7.71. The average molecular weight is 324 g/mol.